The highest BCUT2D eigenvalue weighted by Gasteiger charge is 2.46. The van der Waals surface area contributed by atoms with E-state index in [0.717, 1.165) is 67.8 Å². The lowest BCUT2D eigenvalue weighted by molar-refractivity contribution is 0.0891. The van der Waals surface area contributed by atoms with Gasteiger partial charge in [-0.2, -0.15) is 0 Å². The van der Waals surface area contributed by atoms with E-state index in [1.54, 1.807) is 21.3 Å². The lowest BCUT2D eigenvalue weighted by atomic mass is 9.73. The third-order valence-corrected chi connectivity index (χ3v) is 7.72. The van der Waals surface area contributed by atoms with Crippen molar-refractivity contribution in [3.63, 3.8) is 0 Å². The van der Waals surface area contributed by atoms with Crippen LogP contribution in [-0.2, 0) is 18.4 Å². The number of carbonyl (C=O) groups is 1. The van der Waals surface area contributed by atoms with E-state index in [1.807, 2.05) is 42.5 Å². The zero-order valence-electron chi connectivity index (χ0n) is 22.6. The van der Waals surface area contributed by atoms with Gasteiger partial charge in [0, 0.05) is 17.7 Å². The van der Waals surface area contributed by atoms with E-state index in [4.69, 9.17) is 14.2 Å². The van der Waals surface area contributed by atoms with Gasteiger partial charge in [-0.3, -0.25) is 9.69 Å². The average Bonchev–Trinajstić information content (AvgIpc) is 3.23. The Labute approximate surface area is 221 Å². The molecule has 4 rings (SSSR count). The molecule has 0 saturated carbocycles. The molecule has 0 bridgehead atoms. The van der Waals surface area contributed by atoms with E-state index in [0.29, 0.717) is 17.9 Å². The quantitative estimate of drug-likeness (QED) is 0.251. The maximum atomic E-state index is 14.0. The molecule has 0 saturated heterocycles. The maximum absolute atomic E-state index is 14.0. The number of unbranched alkanes of at least 4 members (excludes halogenated alkanes) is 2. The van der Waals surface area contributed by atoms with Crippen molar-refractivity contribution in [2.75, 3.05) is 34.4 Å². The molecule has 5 heteroatoms. The van der Waals surface area contributed by atoms with Gasteiger partial charge in [0.05, 0.1) is 26.7 Å². The Morgan fingerprint density at radius 3 is 2.19 bits per heavy atom. The van der Waals surface area contributed by atoms with Crippen molar-refractivity contribution in [2.45, 2.75) is 51.0 Å². The molecule has 196 valence electrons. The van der Waals surface area contributed by atoms with Gasteiger partial charge in [-0.05, 0) is 61.7 Å². The minimum atomic E-state index is -0.539. The topological polar surface area (TPSA) is 48.0 Å². The van der Waals surface area contributed by atoms with Crippen LogP contribution in [-0.4, -0.2) is 45.1 Å². The Morgan fingerprint density at radius 2 is 1.49 bits per heavy atom. The fourth-order valence-corrected chi connectivity index (χ4v) is 5.64. The van der Waals surface area contributed by atoms with Crippen LogP contribution in [0.2, 0.25) is 0 Å². The highest BCUT2D eigenvalue weighted by Crippen LogP contribution is 2.46. The van der Waals surface area contributed by atoms with E-state index in [2.05, 4.69) is 36.1 Å². The Kier molecular flexibility index (Phi) is 8.88. The third-order valence-electron chi connectivity index (χ3n) is 7.72. The SMILES string of the molecule is CCN(CCCCCC1(c2ccccc2)Cc2cc(OC)c(OC)cc2C1=O)Cc1ccccc1OC. The minimum Gasteiger partial charge on any atom is -0.496 e. The highest BCUT2D eigenvalue weighted by atomic mass is 16.5. The largest absolute Gasteiger partial charge is 0.496 e. The molecule has 1 aliphatic rings. The van der Waals surface area contributed by atoms with Crippen molar-refractivity contribution < 1.29 is 19.0 Å². The summed E-state index contributed by atoms with van der Waals surface area (Å²) < 4.78 is 16.6. The number of fused-ring (bicyclic) bond motifs is 1. The molecule has 0 aliphatic heterocycles. The summed E-state index contributed by atoms with van der Waals surface area (Å²) in [6.07, 6.45) is 4.69. The molecule has 0 fully saturated rings. The first-order valence-electron chi connectivity index (χ1n) is 13.3. The van der Waals surface area contributed by atoms with Gasteiger partial charge in [0.1, 0.15) is 5.75 Å². The smallest absolute Gasteiger partial charge is 0.174 e. The summed E-state index contributed by atoms with van der Waals surface area (Å²) in [5, 5.41) is 0. The molecule has 0 N–H and O–H groups in total. The number of Topliss-reactive ketones (excluding diaryl/α,β-unsaturated/α-hetero) is 1. The van der Waals surface area contributed by atoms with Gasteiger partial charge in [0.25, 0.3) is 0 Å². The maximum Gasteiger partial charge on any atom is 0.174 e. The standard InChI is InChI=1S/C32H39NO4/c1-5-33(23-24-14-10-11-17-28(24)35-2)19-13-7-12-18-32(26-15-8-6-9-16-26)22-25-20-29(36-3)30(37-4)21-27(25)31(32)34/h6,8-11,14-17,20-21H,5,7,12-13,18-19,22-23H2,1-4H3. The van der Waals surface area contributed by atoms with E-state index < -0.39 is 5.41 Å². The van der Waals surface area contributed by atoms with E-state index in [1.165, 1.54) is 5.56 Å². The summed E-state index contributed by atoms with van der Waals surface area (Å²) in [5.74, 6) is 2.42. The van der Waals surface area contributed by atoms with Crippen LogP contribution in [0.4, 0.5) is 0 Å². The number of ether oxygens (including phenoxy) is 3. The second-order valence-electron chi connectivity index (χ2n) is 9.81. The number of benzene rings is 3. The van der Waals surface area contributed by atoms with Crippen molar-refractivity contribution in [1.29, 1.82) is 0 Å². The number of nitrogens with zero attached hydrogens (tertiary/aromatic N) is 1. The number of carbonyl (C=O) groups excluding carboxylic acids is 1. The van der Waals surface area contributed by atoms with Crippen molar-refractivity contribution in [3.05, 3.63) is 89.0 Å². The minimum absolute atomic E-state index is 0.195. The second-order valence-corrected chi connectivity index (χ2v) is 9.81. The number of rotatable bonds is 13. The molecule has 0 spiro atoms. The van der Waals surface area contributed by atoms with Crippen molar-refractivity contribution in [1.82, 2.24) is 4.90 Å². The van der Waals surface area contributed by atoms with Gasteiger partial charge < -0.3 is 14.2 Å². The summed E-state index contributed by atoms with van der Waals surface area (Å²) in [7, 11) is 4.98. The summed E-state index contributed by atoms with van der Waals surface area (Å²) in [5.41, 5.74) is 3.58. The molecule has 5 nitrogen and oxygen atoms in total. The van der Waals surface area contributed by atoms with Crippen molar-refractivity contribution in [2.24, 2.45) is 0 Å². The van der Waals surface area contributed by atoms with Crippen molar-refractivity contribution >= 4 is 5.78 Å². The first-order chi connectivity index (χ1) is 18.1. The van der Waals surface area contributed by atoms with Crippen LogP contribution in [0.5, 0.6) is 17.2 Å². The molecule has 37 heavy (non-hydrogen) atoms. The summed E-state index contributed by atoms with van der Waals surface area (Å²) >= 11 is 0. The number of para-hydroxylation sites is 1. The van der Waals surface area contributed by atoms with Gasteiger partial charge in [0.15, 0.2) is 17.3 Å². The van der Waals surface area contributed by atoms with Crippen LogP contribution < -0.4 is 14.2 Å². The molecular weight excluding hydrogens is 462 g/mol. The Balaban J connectivity index is 1.43. The zero-order chi connectivity index (χ0) is 26.3. The molecule has 1 unspecified atom stereocenters. The van der Waals surface area contributed by atoms with Crippen LogP contribution in [0.15, 0.2) is 66.7 Å². The Bertz CT molecular complexity index is 1190. The van der Waals surface area contributed by atoms with Gasteiger partial charge in [0.2, 0.25) is 0 Å². The Hall–Kier alpha value is -3.31. The summed E-state index contributed by atoms with van der Waals surface area (Å²) in [4.78, 5) is 16.4. The Morgan fingerprint density at radius 1 is 0.811 bits per heavy atom. The number of hydrogen-bond donors (Lipinski definition) is 0. The number of methoxy groups -OCH3 is 3. The predicted molar refractivity (Wildman–Crippen MR) is 148 cm³/mol. The van der Waals surface area contributed by atoms with Gasteiger partial charge in [-0.1, -0.05) is 68.3 Å². The zero-order valence-corrected chi connectivity index (χ0v) is 22.6. The summed E-state index contributed by atoms with van der Waals surface area (Å²) in [6, 6.07) is 22.4. The van der Waals surface area contributed by atoms with E-state index >= 15 is 0 Å². The fraction of sp³-hybridized carbons (Fsp3) is 0.406. The fourth-order valence-electron chi connectivity index (χ4n) is 5.64. The van der Waals surface area contributed by atoms with Crippen LogP contribution >= 0.6 is 0 Å². The van der Waals surface area contributed by atoms with Gasteiger partial charge in [-0.15, -0.1) is 0 Å². The van der Waals surface area contributed by atoms with E-state index in [9.17, 15) is 4.79 Å². The molecule has 0 amide bonds. The molecule has 0 heterocycles. The molecule has 3 aromatic carbocycles. The van der Waals surface area contributed by atoms with Crippen LogP contribution in [0.3, 0.4) is 0 Å². The number of hydrogen-bond acceptors (Lipinski definition) is 5. The molecule has 0 radical (unpaired) electrons. The predicted octanol–water partition coefficient (Wildman–Crippen LogP) is 6.47. The van der Waals surface area contributed by atoms with E-state index in [-0.39, 0.29) is 5.78 Å². The van der Waals surface area contributed by atoms with Crippen molar-refractivity contribution in [3.8, 4) is 17.2 Å². The summed E-state index contributed by atoms with van der Waals surface area (Å²) in [6.45, 7) is 5.10. The molecule has 1 atom stereocenters. The molecule has 3 aromatic rings. The average molecular weight is 502 g/mol. The first kappa shape index (κ1) is 26.7. The third kappa shape index (κ3) is 5.67. The van der Waals surface area contributed by atoms with Crippen LogP contribution in [0.1, 0.15) is 59.7 Å². The molecule has 0 aromatic heterocycles. The van der Waals surface area contributed by atoms with Gasteiger partial charge in [-0.25, -0.2) is 0 Å². The van der Waals surface area contributed by atoms with Gasteiger partial charge >= 0.3 is 0 Å². The normalized spacial score (nSPS) is 16.6. The second kappa shape index (κ2) is 12.3. The van der Waals surface area contributed by atoms with Crippen LogP contribution in [0, 0.1) is 0 Å². The highest BCUT2D eigenvalue weighted by molar-refractivity contribution is 6.09. The lowest BCUT2D eigenvalue weighted by Gasteiger charge is -2.28. The molecule has 1 aliphatic carbocycles. The monoisotopic (exact) mass is 501 g/mol. The lowest BCUT2D eigenvalue weighted by Crippen LogP contribution is -2.33. The molecular formula is C32H39NO4. The number of ketones is 1. The van der Waals surface area contributed by atoms with Crippen LogP contribution in [0.25, 0.3) is 0 Å². The first-order valence-corrected chi connectivity index (χ1v) is 13.3.